The number of rotatable bonds is 8. The summed E-state index contributed by atoms with van der Waals surface area (Å²) in [6, 6.07) is 18.4. The highest BCUT2D eigenvalue weighted by Gasteiger charge is 2.34. The van der Waals surface area contributed by atoms with Crippen LogP contribution < -0.4 is 19.7 Å². The fourth-order valence-electron chi connectivity index (χ4n) is 3.78. The monoisotopic (exact) mass is 598 g/mol. The minimum atomic E-state index is -0.565. The Kier molecular flexibility index (Phi) is 8.63. The van der Waals surface area contributed by atoms with Gasteiger partial charge in [-0.2, -0.15) is 0 Å². The zero-order valence-corrected chi connectivity index (χ0v) is 23.4. The molecule has 0 bridgehead atoms. The molecule has 0 aliphatic carbocycles. The van der Waals surface area contributed by atoms with Crippen LogP contribution in [0.15, 0.2) is 70.7 Å². The predicted molar refractivity (Wildman–Crippen MR) is 153 cm³/mol. The summed E-state index contributed by atoms with van der Waals surface area (Å²) in [4.78, 5) is 27.5. The second-order valence-corrected chi connectivity index (χ2v) is 9.77. The quantitative estimate of drug-likeness (QED) is 0.183. The van der Waals surface area contributed by atoms with Crippen LogP contribution in [-0.4, -0.2) is 23.5 Å². The number of carbonyl (C=O) groups excluding carboxylic acids is 2. The van der Waals surface area contributed by atoms with Crippen LogP contribution in [0.4, 0.5) is 5.69 Å². The first kappa shape index (κ1) is 26.9. The van der Waals surface area contributed by atoms with Crippen LogP contribution in [0.1, 0.15) is 30.5 Å². The van der Waals surface area contributed by atoms with Crippen molar-refractivity contribution in [3.8, 4) is 11.5 Å². The van der Waals surface area contributed by atoms with E-state index in [1.807, 2.05) is 49.4 Å². The van der Waals surface area contributed by atoms with Gasteiger partial charge < -0.3 is 9.47 Å². The average molecular weight is 600 g/mol. The van der Waals surface area contributed by atoms with E-state index in [9.17, 15) is 9.59 Å². The van der Waals surface area contributed by atoms with Gasteiger partial charge in [-0.3, -0.25) is 19.8 Å². The van der Waals surface area contributed by atoms with Crippen LogP contribution in [0.5, 0.6) is 11.5 Å². The Hall–Kier alpha value is -3.20. The molecule has 6 nitrogen and oxygen atoms in total. The molecule has 0 aromatic heterocycles. The van der Waals surface area contributed by atoms with Gasteiger partial charge in [0.15, 0.2) is 16.6 Å². The van der Waals surface area contributed by atoms with Crippen LogP contribution in [0, 0.1) is 0 Å². The number of anilines is 1. The van der Waals surface area contributed by atoms with Crippen molar-refractivity contribution >= 4 is 68.4 Å². The number of amides is 2. The maximum absolute atomic E-state index is 13.4. The van der Waals surface area contributed by atoms with Crippen LogP contribution in [0.25, 0.3) is 6.08 Å². The molecule has 1 aliphatic heterocycles. The van der Waals surface area contributed by atoms with Crippen molar-refractivity contribution in [2.24, 2.45) is 0 Å². The molecule has 1 heterocycles. The number of aryl methyl sites for hydroxylation is 1. The van der Waals surface area contributed by atoms with E-state index in [1.165, 1.54) is 11.0 Å². The Balaban J connectivity index is 1.65. The van der Waals surface area contributed by atoms with Crippen LogP contribution >= 0.6 is 39.7 Å². The van der Waals surface area contributed by atoms with Crippen molar-refractivity contribution in [3.05, 3.63) is 92.4 Å². The highest BCUT2D eigenvalue weighted by molar-refractivity contribution is 9.10. The molecule has 0 radical (unpaired) electrons. The van der Waals surface area contributed by atoms with E-state index in [-0.39, 0.29) is 17.3 Å². The molecule has 0 spiro atoms. The van der Waals surface area contributed by atoms with E-state index < -0.39 is 11.8 Å². The topological polar surface area (TPSA) is 67.9 Å². The maximum Gasteiger partial charge on any atom is 0.270 e. The first-order chi connectivity index (χ1) is 17.8. The van der Waals surface area contributed by atoms with Crippen LogP contribution in [-0.2, 0) is 22.6 Å². The number of hydrogen-bond acceptors (Lipinski definition) is 5. The van der Waals surface area contributed by atoms with Crippen molar-refractivity contribution in [1.82, 2.24) is 5.32 Å². The lowest BCUT2D eigenvalue weighted by atomic mass is 10.1. The van der Waals surface area contributed by atoms with Gasteiger partial charge in [0, 0.05) is 10.6 Å². The second-order valence-electron chi connectivity index (χ2n) is 8.12. The Morgan fingerprint density at radius 1 is 1.05 bits per heavy atom. The molecule has 1 fully saturated rings. The molecule has 4 rings (SSSR count). The third-order valence-electron chi connectivity index (χ3n) is 5.68. The van der Waals surface area contributed by atoms with Crippen LogP contribution in [0.2, 0.25) is 5.02 Å². The summed E-state index contributed by atoms with van der Waals surface area (Å²) < 4.78 is 12.4. The molecule has 190 valence electrons. The predicted octanol–water partition coefficient (Wildman–Crippen LogP) is 6.47. The third kappa shape index (κ3) is 6.04. The number of halogens is 2. The Morgan fingerprint density at radius 3 is 2.46 bits per heavy atom. The first-order valence-electron chi connectivity index (χ1n) is 11.6. The number of thiocarbonyl (C=S) groups is 1. The molecule has 9 heteroatoms. The lowest BCUT2D eigenvalue weighted by Crippen LogP contribution is -2.54. The number of ether oxygens (including phenoxy) is 2. The van der Waals surface area contributed by atoms with E-state index in [2.05, 4.69) is 28.2 Å². The fraction of sp³-hybridized carbons (Fsp3) is 0.179. The van der Waals surface area contributed by atoms with E-state index in [1.54, 1.807) is 18.2 Å². The van der Waals surface area contributed by atoms with Crippen molar-refractivity contribution in [2.45, 2.75) is 26.9 Å². The van der Waals surface area contributed by atoms with Gasteiger partial charge in [-0.15, -0.1) is 0 Å². The van der Waals surface area contributed by atoms with E-state index in [0.717, 1.165) is 17.5 Å². The van der Waals surface area contributed by atoms with Gasteiger partial charge in [-0.25, -0.2) is 0 Å². The molecule has 1 aliphatic rings. The number of benzene rings is 3. The normalized spacial score (nSPS) is 14.6. The number of nitrogens with zero attached hydrogens (tertiary/aromatic N) is 1. The minimum Gasteiger partial charge on any atom is -0.490 e. The largest absolute Gasteiger partial charge is 0.490 e. The van der Waals surface area contributed by atoms with Crippen molar-refractivity contribution in [2.75, 3.05) is 11.5 Å². The molecule has 3 aromatic rings. The summed E-state index contributed by atoms with van der Waals surface area (Å²) >= 11 is 15.1. The molecule has 2 amide bonds. The molecular formula is C28H24BrClN2O4S. The third-order valence-corrected chi connectivity index (χ3v) is 6.92. The Labute approximate surface area is 234 Å². The van der Waals surface area contributed by atoms with Gasteiger partial charge in [0.05, 0.1) is 16.8 Å². The molecular weight excluding hydrogens is 576 g/mol. The standard InChI is InChI=1S/C28H24BrClN2O4S/c1-3-17-9-11-20(12-10-17)32-27(34)21(26(33)31-28(32)37)13-18-14-22(29)25(24(15-18)35-4-2)36-16-19-7-5-6-8-23(19)30/h5-15H,3-4,16H2,1-2H3,(H,31,33,37)/b21-13+. The van der Waals surface area contributed by atoms with Crippen molar-refractivity contribution < 1.29 is 19.1 Å². The number of carbonyl (C=O) groups is 2. The summed E-state index contributed by atoms with van der Waals surface area (Å²) in [5.41, 5.74) is 3.07. The lowest BCUT2D eigenvalue weighted by molar-refractivity contribution is -0.122. The number of hydrogen-bond donors (Lipinski definition) is 1. The Bertz CT molecular complexity index is 1390. The van der Waals surface area contributed by atoms with E-state index >= 15 is 0 Å². The highest BCUT2D eigenvalue weighted by atomic mass is 79.9. The second kappa shape index (κ2) is 11.9. The lowest BCUT2D eigenvalue weighted by Gasteiger charge is -2.29. The summed E-state index contributed by atoms with van der Waals surface area (Å²) in [5.74, 6) is -0.125. The van der Waals surface area contributed by atoms with Gasteiger partial charge in [0.2, 0.25) is 0 Å². The maximum atomic E-state index is 13.4. The SMILES string of the molecule is CCOc1cc(/C=C2\C(=O)NC(=S)N(c3ccc(CC)cc3)C2=O)cc(Br)c1OCc1ccccc1Cl. The van der Waals surface area contributed by atoms with E-state index in [4.69, 9.17) is 33.3 Å². The first-order valence-corrected chi connectivity index (χ1v) is 13.2. The number of nitrogens with one attached hydrogen (secondary N) is 1. The van der Waals surface area contributed by atoms with Gasteiger partial charge in [-0.1, -0.05) is 48.9 Å². The smallest absolute Gasteiger partial charge is 0.270 e. The van der Waals surface area contributed by atoms with Crippen LogP contribution in [0.3, 0.4) is 0 Å². The van der Waals surface area contributed by atoms with Crippen molar-refractivity contribution in [3.63, 3.8) is 0 Å². The molecule has 3 aromatic carbocycles. The van der Waals surface area contributed by atoms with E-state index in [0.29, 0.717) is 38.9 Å². The molecule has 0 atom stereocenters. The Morgan fingerprint density at radius 2 is 1.78 bits per heavy atom. The van der Waals surface area contributed by atoms with Gasteiger partial charge in [0.1, 0.15) is 12.2 Å². The summed E-state index contributed by atoms with van der Waals surface area (Å²) in [5, 5.41) is 3.26. The van der Waals surface area contributed by atoms with Gasteiger partial charge in [-0.05, 0) is 89.0 Å². The highest BCUT2D eigenvalue weighted by Crippen LogP contribution is 2.38. The summed E-state index contributed by atoms with van der Waals surface area (Å²) in [7, 11) is 0. The summed E-state index contributed by atoms with van der Waals surface area (Å²) in [6.45, 7) is 4.54. The molecule has 0 saturated carbocycles. The van der Waals surface area contributed by atoms with Crippen molar-refractivity contribution in [1.29, 1.82) is 0 Å². The van der Waals surface area contributed by atoms with Gasteiger partial charge >= 0.3 is 0 Å². The zero-order valence-electron chi connectivity index (χ0n) is 20.2. The average Bonchev–Trinajstić information content (AvgIpc) is 2.87. The minimum absolute atomic E-state index is 0.0379. The van der Waals surface area contributed by atoms with Gasteiger partial charge in [0.25, 0.3) is 11.8 Å². The molecule has 1 saturated heterocycles. The molecule has 0 unspecified atom stereocenters. The fourth-order valence-corrected chi connectivity index (χ4v) is 4.82. The summed E-state index contributed by atoms with van der Waals surface area (Å²) in [6.07, 6.45) is 2.38. The molecule has 1 N–H and O–H groups in total. The molecule has 37 heavy (non-hydrogen) atoms. The zero-order chi connectivity index (χ0) is 26.5.